The van der Waals surface area contributed by atoms with Crippen LogP contribution in [0.15, 0.2) is 223 Å². The molecule has 0 radical (unpaired) electrons. The number of benzene rings is 9. The molecule has 0 fully saturated rings. The molecule has 11 aromatic rings. The predicted molar refractivity (Wildman–Crippen MR) is 239 cm³/mol. The van der Waals surface area contributed by atoms with Crippen molar-refractivity contribution in [1.29, 1.82) is 0 Å². The predicted octanol–water partition coefficient (Wildman–Crippen LogP) is 15.2. The van der Waals surface area contributed by atoms with Crippen LogP contribution >= 0.6 is 0 Å². The number of furan rings is 1. The minimum Gasteiger partial charge on any atom is -0.456 e. The van der Waals surface area contributed by atoms with Gasteiger partial charge in [-0.25, -0.2) is 0 Å². The van der Waals surface area contributed by atoms with Gasteiger partial charge in [-0.1, -0.05) is 152 Å². The van der Waals surface area contributed by atoms with Crippen LogP contribution < -0.4 is 4.90 Å². The van der Waals surface area contributed by atoms with Crippen LogP contribution in [-0.2, 0) is 0 Å². The van der Waals surface area contributed by atoms with Crippen LogP contribution in [0.3, 0.4) is 0 Å². The third kappa shape index (κ3) is 5.60. The molecule has 3 heteroatoms. The zero-order valence-corrected chi connectivity index (χ0v) is 31.1. The molecule has 2 aromatic heterocycles. The second-order valence-corrected chi connectivity index (χ2v) is 14.5. The van der Waals surface area contributed by atoms with Crippen molar-refractivity contribution >= 4 is 60.8 Å². The number of aromatic nitrogens is 1. The third-order valence-electron chi connectivity index (χ3n) is 11.2. The lowest BCUT2D eigenvalue weighted by atomic mass is 9.96. The van der Waals surface area contributed by atoms with Gasteiger partial charge in [-0.05, 0) is 94.5 Å². The highest BCUT2D eigenvalue weighted by Gasteiger charge is 2.22. The quantitative estimate of drug-likeness (QED) is 0.163. The van der Waals surface area contributed by atoms with E-state index in [2.05, 4.69) is 216 Å². The van der Waals surface area contributed by atoms with Crippen LogP contribution in [0, 0.1) is 0 Å². The molecular formula is C54H36N2O. The van der Waals surface area contributed by atoms with E-state index in [1.807, 2.05) is 12.1 Å². The van der Waals surface area contributed by atoms with Gasteiger partial charge in [0.25, 0.3) is 0 Å². The Kier molecular flexibility index (Phi) is 7.82. The van der Waals surface area contributed by atoms with Gasteiger partial charge in [0.05, 0.1) is 16.7 Å². The maximum Gasteiger partial charge on any atom is 0.135 e. The first-order valence-corrected chi connectivity index (χ1v) is 19.4. The van der Waals surface area contributed by atoms with Gasteiger partial charge in [-0.2, -0.15) is 0 Å². The molecule has 57 heavy (non-hydrogen) atoms. The van der Waals surface area contributed by atoms with Gasteiger partial charge >= 0.3 is 0 Å². The lowest BCUT2D eigenvalue weighted by Gasteiger charge is -2.28. The smallest absolute Gasteiger partial charge is 0.135 e. The Morgan fingerprint density at radius 3 is 1.81 bits per heavy atom. The number of anilines is 3. The zero-order valence-electron chi connectivity index (χ0n) is 31.1. The average molecular weight is 729 g/mol. The van der Waals surface area contributed by atoms with Gasteiger partial charge in [0.2, 0.25) is 0 Å². The number of hydrogen-bond acceptors (Lipinski definition) is 2. The molecule has 2 heterocycles. The van der Waals surface area contributed by atoms with E-state index in [1.165, 1.54) is 38.5 Å². The Morgan fingerprint density at radius 2 is 0.965 bits per heavy atom. The highest BCUT2D eigenvalue weighted by molar-refractivity contribution is 6.17. The van der Waals surface area contributed by atoms with E-state index in [1.54, 1.807) is 0 Å². The van der Waals surface area contributed by atoms with Crippen LogP contribution in [0.1, 0.15) is 0 Å². The van der Waals surface area contributed by atoms with E-state index in [4.69, 9.17) is 4.42 Å². The van der Waals surface area contributed by atoms with E-state index < -0.39 is 0 Å². The van der Waals surface area contributed by atoms with Crippen molar-refractivity contribution in [2.75, 3.05) is 4.90 Å². The standard InChI is InChI=1S/C54H36N2O/c1-4-16-37(17-5-1)39-20-14-21-40(34-39)45-26-15-28-50-54(45)47-32-30-43(36-51(47)56(50)41-22-8-3-9-23-41)55(49-27-12-10-24-44(49)38-18-6-2-7-19-38)42-31-33-53-48(35-42)46-25-11-13-29-52(46)57-53/h1-36H. The molecule has 9 aromatic carbocycles. The fourth-order valence-electron chi connectivity index (χ4n) is 8.60. The minimum atomic E-state index is 0.875. The first kappa shape index (κ1) is 32.8. The van der Waals surface area contributed by atoms with Crippen molar-refractivity contribution in [1.82, 2.24) is 4.57 Å². The third-order valence-corrected chi connectivity index (χ3v) is 11.2. The number of para-hydroxylation sites is 3. The summed E-state index contributed by atoms with van der Waals surface area (Å²) in [4.78, 5) is 2.40. The average Bonchev–Trinajstić information content (AvgIpc) is 3.83. The lowest BCUT2D eigenvalue weighted by Crippen LogP contribution is -2.11. The molecule has 0 aliphatic carbocycles. The maximum absolute atomic E-state index is 6.31. The summed E-state index contributed by atoms with van der Waals surface area (Å²) in [6.45, 7) is 0. The van der Waals surface area contributed by atoms with Crippen LogP contribution in [0.2, 0.25) is 0 Å². The molecule has 0 unspecified atom stereocenters. The van der Waals surface area contributed by atoms with Gasteiger partial charge in [0.1, 0.15) is 11.2 Å². The van der Waals surface area contributed by atoms with Crippen LogP contribution in [0.4, 0.5) is 17.1 Å². The molecule has 11 rings (SSSR count). The van der Waals surface area contributed by atoms with Crippen molar-refractivity contribution in [3.05, 3.63) is 218 Å². The Hall–Kier alpha value is -7.62. The monoisotopic (exact) mass is 728 g/mol. The second kappa shape index (κ2) is 13.6. The van der Waals surface area contributed by atoms with Gasteiger partial charge < -0.3 is 13.9 Å². The van der Waals surface area contributed by atoms with Gasteiger partial charge in [-0.3, -0.25) is 0 Å². The summed E-state index contributed by atoms with van der Waals surface area (Å²) in [6, 6.07) is 78.2. The zero-order chi connectivity index (χ0) is 37.7. The summed E-state index contributed by atoms with van der Waals surface area (Å²) in [5, 5.41) is 4.63. The van der Waals surface area contributed by atoms with E-state index in [9.17, 15) is 0 Å². The van der Waals surface area contributed by atoms with Crippen molar-refractivity contribution in [2.24, 2.45) is 0 Å². The minimum absolute atomic E-state index is 0.875. The molecule has 0 atom stereocenters. The van der Waals surface area contributed by atoms with Gasteiger partial charge in [-0.15, -0.1) is 0 Å². The number of hydrogen-bond donors (Lipinski definition) is 0. The van der Waals surface area contributed by atoms with Crippen LogP contribution in [0.5, 0.6) is 0 Å². The number of fused-ring (bicyclic) bond motifs is 6. The van der Waals surface area contributed by atoms with Gasteiger partial charge in [0.15, 0.2) is 0 Å². The van der Waals surface area contributed by atoms with Crippen LogP contribution in [-0.4, -0.2) is 4.57 Å². The summed E-state index contributed by atoms with van der Waals surface area (Å²) in [5.41, 5.74) is 15.5. The Morgan fingerprint density at radius 1 is 0.351 bits per heavy atom. The molecule has 0 saturated heterocycles. The summed E-state index contributed by atoms with van der Waals surface area (Å²) >= 11 is 0. The SMILES string of the molecule is c1ccc(-c2cccc(-c3cccc4c3c3ccc(N(c5ccc6oc7ccccc7c6c5)c5ccccc5-c5ccccc5)cc3n4-c3ccccc3)c2)cc1. The van der Waals surface area contributed by atoms with Crippen molar-refractivity contribution < 1.29 is 4.42 Å². The summed E-state index contributed by atoms with van der Waals surface area (Å²) in [7, 11) is 0. The molecular weight excluding hydrogens is 693 g/mol. The Bertz CT molecular complexity index is 3230. The van der Waals surface area contributed by atoms with E-state index >= 15 is 0 Å². The molecule has 0 aliphatic heterocycles. The number of nitrogens with zero attached hydrogens (tertiary/aromatic N) is 2. The topological polar surface area (TPSA) is 21.3 Å². The molecule has 0 spiro atoms. The summed E-state index contributed by atoms with van der Waals surface area (Å²) in [6.07, 6.45) is 0. The molecule has 268 valence electrons. The molecule has 0 bridgehead atoms. The van der Waals surface area contributed by atoms with Crippen molar-refractivity contribution in [2.45, 2.75) is 0 Å². The van der Waals surface area contributed by atoms with Gasteiger partial charge in [0, 0.05) is 44.2 Å². The molecule has 0 N–H and O–H groups in total. The maximum atomic E-state index is 6.31. The first-order valence-electron chi connectivity index (χ1n) is 19.4. The van der Waals surface area contributed by atoms with E-state index in [-0.39, 0.29) is 0 Å². The second-order valence-electron chi connectivity index (χ2n) is 14.5. The van der Waals surface area contributed by atoms with Crippen molar-refractivity contribution in [3.63, 3.8) is 0 Å². The van der Waals surface area contributed by atoms with Crippen LogP contribution in [0.25, 0.3) is 82.8 Å². The highest BCUT2D eigenvalue weighted by atomic mass is 16.3. The summed E-state index contributed by atoms with van der Waals surface area (Å²) in [5.74, 6) is 0. The molecule has 0 aliphatic rings. The Balaban J connectivity index is 1.18. The Labute approximate surface area is 330 Å². The number of rotatable bonds is 7. The fraction of sp³-hybridized carbons (Fsp3) is 0. The normalized spacial score (nSPS) is 11.5. The fourth-order valence-corrected chi connectivity index (χ4v) is 8.60. The largest absolute Gasteiger partial charge is 0.456 e. The molecule has 0 amide bonds. The lowest BCUT2D eigenvalue weighted by molar-refractivity contribution is 0.669. The molecule has 0 saturated carbocycles. The highest BCUT2D eigenvalue weighted by Crippen LogP contribution is 2.46. The summed E-state index contributed by atoms with van der Waals surface area (Å²) < 4.78 is 8.73. The van der Waals surface area contributed by atoms with Crippen molar-refractivity contribution in [3.8, 4) is 39.1 Å². The first-order chi connectivity index (χ1) is 28.3. The van der Waals surface area contributed by atoms with E-state index in [0.717, 1.165) is 61.3 Å². The van der Waals surface area contributed by atoms with E-state index in [0.29, 0.717) is 0 Å². The molecule has 3 nitrogen and oxygen atoms in total.